The number of benzene rings is 1. The fourth-order valence-corrected chi connectivity index (χ4v) is 4.05. The number of nitrogens with one attached hydrogen (secondary N) is 1. The van der Waals surface area contributed by atoms with Crippen LogP contribution in [0.1, 0.15) is 18.5 Å². The average molecular weight is 352 g/mol. The predicted octanol–water partition coefficient (Wildman–Crippen LogP) is 2.10. The van der Waals surface area contributed by atoms with Crippen molar-refractivity contribution in [2.45, 2.75) is 45.0 Å². The van der Waals surface area contributed by atoms with Crippen LogP contribution >= 0.6 is 0 Å². The summed E-state index contributed by atoms with van der Waals surface area (Å²) in [6.07, 6.45) is 4.66. The van der Waals surface area contributed by atoms with Crippen molar-refractivity contribution in [1.82, 2.24) is 19.7 Å². The summed E-state index contributed by atoms with van der Waals surface area (Å²) in [6.45, 7) is 3.06. The Morgan fingerprint density at radius 3 is 2.96 bits per heavy atom. The third-order valence-electron chi connectivity index (χ3n) is 5.30. The predicted molar refractivity (Wildman–Crippen MR) is 99.6 cm³/mol. The van der Waals surface area contributed by atoms with Crippen molar-refractivity contribution in [1.29, 1.82) is 0 Å². The smallest absolute Gasteiger partial charge is 0.240 e. The molecule has 0 aliphatic heterocycles. The molecule has 1 aromatic carbocycles. The first-order valence-corrected chi connectivity index (χ1v) is 9.10. The molecule has 1 unspecified atom stereocenters. The standard InChI is InChI=1S/C20H24N4O2/c1-14-9-16-5-2-3-6-18(16)24(14)13-20(26)22-17-10-15(11-19(17)25)12-23-8-4-7-21-23/h2-9,15,17,19,25H,10-13H2,1H3,(H,22,26)/t15?,17-,19-/m1/s1. The highest BCUT2D eigenvalue weighted by atomic mass is 16.3. The van der Waals surface area contributed by atoms with Gasteiger partial charge >= 0.3 is 0 Å². The van der Waals surface area contributed by atoms with E-state index in [1.807, 2.05) is 46.6 Å². The SMILES string of the molecule is Cc1cc2ccccc2n1CC(=O)N[C@@H]1CC(Cn2cccn2)C[C@H]1O. The summed E-state index contributed by atoms with van der Waals surface area (Å²) in [5, 5.41) is 18.7. The van der Waals surface area contributed by atoms with Crippen LogP contribution in [0.25, 0.3) is 10.9 Å². The van der Waals surface area contributed by atoms with Gasteiger partial charge in [0.1, 0.15) is 6.54 Å². The van der Waals surface area contributed by atoms with Gasteiger partial charge in [-0.25, -0.2) is 0 Å². The fraction of sp³-hybridized carbons (Fsp3) is 0.400. The summed E-state index contributed by atoms with van der Waals surface area (Å²) in [4.78, 5) is 12.6. The average Bonchev–Trinajstić information content (AvgIpc) is 3.30. The summed E-state index contributed by atoms with van der Waals surface area (Å²) in [5.74, 6) is 0.266. The molecule has 1 aliphatic rings. The molecule has 2 aromatic heterocycles. The van der Waals surface area contributed by atoms with Crippen molar-refractivity contribution in [3.05, 3.63) is 54.5 Å². The molecule has 1 fully saturated rings. The van der Waals surface area contributed by atoms with E-state index >= 15 is 0 Å². The number of aliphatic hydroxyl groups excluding tert-OH is 1. The second kappa shape index (κ2) is 6.96. The Hall–Kier alpha value is -2.60. The third-order valence-corrected chi connectivity index (χ3v) is 5.30. The second-order valence-electron chi connectivity index (χ2n) is 7.24. The molecule has 1 aliphatic carbocycles. The van der Waals surface area contributed by atoms with E-state index in [2.05, 4.69) is 22.5 Å². The van der Waals surface area contributed by atoms with Crippen LogP contribution in [0.3, 0.4) is 0 Å². The van der Waals surface area contributed by atoms with E-state index < -0.39 is 6.10 Å². The van der Waals surface area contributed by atoms with Crippen LogP contribution in [-0.2, 0) is 17.9 Å². The van der Waals surface area contributed by atoms with Crippen molar-refractivity contribution in [3.63, 3.8) is 0 Å². The Balaban J connectivity index is 1.39. The molecule has 3 aromatic rings. The van der Waals surface area contributed by atoms with Crippen molar-refractivity contribution >= 4 is 16.8 Å². The molecule has 6 nitrogen and oxygen atoms in total. The van der Waals surface area contributed by atoms with Crippen LogP contribution in [0.5, 0.6) is 0 Å². The van der Waals surface area contributed by atoms with Gasteiger partial charge in [-0.3, -0.25) is 9.48 Å². The van der Waals surface area contributed by atoms with E-state index in [0.717, 1.165) is 29.6 Å². The Morgan fingerprint density at radius 1 is 1.31 bits per heavy atom. The quantitative estimate of drug-likeness (QED) is 0.739. The number of hydrogen-bond acceptors (Lipinski definition) is 3. The molecular weight excluding hydrogens is 328 g/mol. The molecule has 0 bridgehead atoms. The van der Waals surface area contributed by atoms with Gasteiger partial charge in [0, 0.05) is 30.1 Å². The number of para-hydroxylation sites is 1. The molecule has 1 amide bonds. The highest BCUT2D eigenvalue weighted by Gasteiger charge is 2.34. The summed E-state index contributed by atoms with van der Waals surface area (Å²) in [7, 11) is 0. The van der Waals surface area contributed by atoms with Gasteiger partial charge < -0.3 is 15.0 Å². The first-order valence-electron chi connectivity index (χ1n) is 9.10. The highest BCUT2D eigenvalue weighted by Crippen LogP contribution is 2.27. The van der Waals surface area contributed by atoms with Crippen LogP contribution in [0.2, 0.25) is 0 Å². The number of amides is 1. The molecule has 6 heteroatoms. The molecule has 26 heavy (non-hydrogen) atoms. The Labute approximate surface area is 152 Å². The molecule has 2 N–H and O–H groups in total. The molecule has 4 rings (SSSR count). The Bertz CT molecular complexity index is 900. The van der Waals surface area contributed by atoms with Gasteiger partial charge in [0.2, 0.25) is 5.91 Å². The second-order valence-corrected chi connectivity index (χ2v) is 7.24. The van der Waals surface area contributed by atoms with Gasteiger partial charge in [0.15, 0.2) is 0 Å². The topological polar surface area (TPSA) is 72.1 Å². The normalized spacial score (nSPS) is 22.8. The third kappa shape index (κ3) is 3.37. The number of nitrogens with zero attached hydrogens (tertiary/aromatic N) is 3. The minimum absolute atomic E-state index is 0.0572. The van der Waals surface area contributed by atoms with Gasteiger partial charge in [-0.1, -0.05) is 18.2 Å². The summed E-state index contributed by atoms with van der Waals surface area (Å²) < 4.78 is 3.91. The van der Waals surface area contributed by atoms with Crippen LogP contribution in [0, 0.1) is 12.8 Å². The van der Waals surface area contributed by atoms with Crippen LogP contribution < -0.4 is 5.32 Å². The van der Waals surface area contributed by atoms with Gasteiger partial charge in [0.25, 0.3) is 0 Å². The zero-order chi connectivity index (χ0) is 18.1. The summed E-state index contributed by atoms with van der Waals surface area (Å²) in [5.41, 5.74) is 2.12. The zero-order valence-corrected chi connectivity index (χ0v) is 14.9. The van der Waals surface area contributed by atoms with E-state index in [9.17, 15) is 9.90 Å². The van der Waals surface area contributed by atoms with Crippen LogP contribution in [-0.4, -0.2) is 37.5 Å². The van der Waals surface area contributed by atoms with E-state index in [4.69, 9.17) is 0 Å². The molecule has 0 spiro atoms. The molecule has 0 radical (unpaired) electrons. The molecular formula is C20H24N4O2. The number of carbonyl (C=O) groups is 1. The van der Waals surface area contributed by atoms with E-state index in [1.54, 1.807) is 6.20 Å². The van der Waals surface area contributed by atoms with E-state index in [-0.39, 0.29) is 18.5 Å². The minimum atomic E-state index is -0.498. The lowest BCUT2D eigenvalue weighted by atomic mass is 10.1. The van der Waals surface area contributed by atoms with Crippen LogP contribution in [0.15, 0.2) is 48.8 Å². The van der Waals surface area contributed by atoms with Crippen molar-refractivity contribution in [3.8, 4) is 0 Å². The maximum absolute atomic E-state index is 12.6. The monoisotopic (exact) mass is 352 g/mol. The summed E-state index contributed by atoms with van der Waals surface area (Å²) >= 11 is 0. The lowest BCUT2D eigenvalue weighted by molar-refractivity contribution is -0.123. The number of fused-ring (bicyclic) bond motifs is 1. The van der Waals surface area contributed by atoms with Crippen LogP contribution in [0.4, 0.5) is 0 Å². The Morgan fingerprint density at radius 2 is 2.15 bits per heavy atom. The summed E-state index contributed by atoms with van der Waals surface area (Å²) in [6, 6.07) is 11.9. The molecule has 3 atom stereocenters. The van der Waals surface area contributed by atoms with Gasteiger partial charge in [-0.05, 0) is 49.3 Å². The minimum Gasteiger partial charge on any atom is -0.391 e. The number of carbonyl (C=O) groups excluding carboxylic acids is 1. The van der Waals surface area contributed by atoms with Gasteiger partial charge in [-0.2, -0.15) is 5.10 Å². The van der Waals surface area contributed by atoms with E-state index in [0.29, 0.717) is 12.3 Å². The highest BCUT2D eigenvalue weighted by molar-refractivity contribution is 5.84. The number of hydrogen-bond donors (Lipinski definition) is 2. The number of aryl methyl sites for hydroxylation is 1. The van der Waals surface area contributed by atoms with Gasteiger partial charge in [0.05, 0.1) is 12.1 Å². The first kappa shape index (κ1) is 16.8. The van der Waals surface area contributed by atoms with Crippen molar-refractivity contribution < 1.29 is 9.90 Å². The lowest BCUT2D eigenvalue weighted by Crippen LogP contribution is -2.41. The number of aromatic nitrogens is 3. The van der Waals surface area contributed by atoms with Crippen molar-refractivity contribution in [2.24, 2.45) is 5.92 Å². The fourth-order valence-electron chi connectivity index (χ4n) is 4.05. The lowest BCUT2D eigenvalue weighted by Gasteiger charge is -2.17. The van der Waals surface area contributed by atoms with E-state index in [1.165, 1.54) is 0 Å². The number of rotatable bonds is 5. The Kier molecular flexibility index (Phi) is 4.51. The molecule has 0 saturated heterocycles. The van der Waals surface area contributed by atoms with Gasteiger partial charge in [-0.15, -0.1) is 0 Å². The number of aliphatic hydroxyl groups is 1. The van der Waals surface area contributed by atoms with Crippen molar-refractivity contribution in [2.75, 3.05) is 0 Å². The zero-order valence-electron chi connectivity index (χ0n) is 14.9. The first-order chi connectivity index (χ1) is 12.6. The maximum atomic E-state index is 12.6. The molecule has 2 heterocycles. The molecule has 1 saturated carbocycles. The maximum Gasteiger partial charge on any atom is 0.240 e. The largest absolute Gasteiger partial charge is 0.391 e. The molecule has 136 valence electrons.